The van der Waals surface area contributed by atoms with Crippen molar-refractivity contribution in [3.63, 3.8) is 0 Å². The minimum atomic E-state index is 0.163. The van der Waals surface area contributed by atoms with Crippen molar-refractivity contribution in [2.45, 2.75) is 11.2 Å². The number of alkyl halides is 1. The van der Waals surface area contributed by atoms with Crippen molar-refractivity contribution < 1.29 is 0 Å². The van der Waals surface area contributed by atoms with E-state index in [2.05, 4.69) is 64.5 Å². The molecule has 0 saturated heterocycles. The lowest BCUT2D eigenvalue weighted by Crippen LogP contribution is -1.92. The molecule has 0 fully saturated rings. The van der Waals surface area contributed by atoms with Crippen LogP contribution in [0.1, 0.15) is 26.4 Å². The normalized spacial score (nSPS) is 12.3. The third-order valence-corrected chi connectivity index (χ3v) is 6.11. The highest BCUT2D eigenvalue weighted by molar-refractivity contribution is 9.09. The van der Waals surface area contributed by atoms with Crippen LogP contribution in [0.4, 0.5) is 0 Å². The Bertz CT molecular complexity index is 704. The fourth-order valence-corrected chi connectivity index (χ4v) is 4.45. The van der Waals surface area contributed by atoms with Crippen LogP contribution in [0, 0.1) is 0 Å². The van der Waals surface area contributed by atoms with Gasteiger partial charge in [-0.05, 0) is 34.6 Å². The lowest BCUT2D eigenvalue weighted by molar-refractivity contribution is 1.16. The van der Waals surface area contributed by atoms with Gasteiger partial charge in [-0.2, -0.15) is 0 Å². The van der Waals surface area contributed by atoms with Gasteiger partial charge in [0.05, 0.1) is 9.85 Å². The highest BCUT2D eigenvalue weighted by atomic mass is 79.9. The van der Waals surface area contributed by atoms with Crippen molar-refractivity contribution in [3.8, 4) is 0 Å². The molecule has 0 nitrogen and oxygen atoms in total. The molecular weight excluding hydrogens is 364 g/mol. The molecule has 0 N–H and O–H groups in total. The number of halogens is 2. The molecule has 0 saturated carbocycles. The molecule has 3 rings (SSSR count). The van der Waals surface area contributed by atoms with Crippen molar-refractivity contribution >= 4 is 38.9 Å². The van der Waals surface area contributed by atoms with Crippen molar-refractivity contribution in [1.82, 2.24) is 0 Å². The second kappa shape index (κ2) is 6.78. The highest BCUT2D eigenvalue weighted by Crippen LogP contribution is 2.38. The first-order chi connectivity index (χ1) is 10.2. The SMILES string of the molecule is Clc1ccsc1C(Br)c1ccc(Cc2ccccc2)cc1. The van der Waals surface area contributed by atoms with E-state index in [1.807, 2.05) is 17.5 Å². The van der Waals surface area contributed by atoms with Crippen LogP contribution >= 0.6 is 38.9 Å². The molecular formula is C18H14BrClS. The summed E-state index contributed by atoms with van der Waals surface area (Å²) in [6.07, 6.45) is 0.966. The second-order valence-corrected chi connectivity index (χ2v) is 7.17. The lowest BCUT2D eigenvalue weighted by atomic mass is 10.0. The number of rotatable bonds is 4. The minimum Gasteiger partial charge on any atom is -0.146 e. The molecule has 0 aliphatic carbocycles. The molecule has 0 spiro atoms. The summed E-state index contributed by atoms with van der Waals surface area (Å²) >= 11 is 11.6. The summed E-state index contributed by atoms with van der Waals surface area (Å²) < 4.78 is 0. The van der Waals surface area contributed by atoms with E-state index < -0.39 is 0 Å². The van der Waals surface area contributed by atoms with E-state index in [0.29, 0.717) is 0 Å². The zero-order chi connectivity index (χ0) is 14.7. The molecule has 0 amide bonds. The summed E-state index contributed by atoms with van der Waals surface area (Å²) in [5.74, 6) is 0. The Morgan fingerprint density at radius 2 is 1.57 bits per heavy atom. The average molecular weight is 378 g/mol. The molecule has 1 unspecified atom stereocenters. The van der Waals surface area contributed by atoms with E-state index in [1.165, 1.54) is 16.7 Å². The third-order valence-electron chi connectivity index (χ3n) is 3.40. The van der Waals surface area contributed by atoms with Crippen molar-refractivity contribution in [2.75, 3.05) is 0 Å². The minimum absolute atomic E-state index is 0.163. The van der Waals surface area contributed by atoms with Crippen LogP contribution in [0.3, 0.4) is 0 Å². The maximum Gasteiger partial charge on any atom is 0.0753 e. The highest BCUT2D eigenvalue weighted by Gasteiger charge is 2.14. The molecule has 0 aliphatic rings. The summed E-state index contributed by atoms with van der Waals surface area (Å²) in [6.45, 7) is 0. The molecule has 0 bridgehead atoms. The first-order valence-electron chi connectivity index (χ1n) is 6.74. The molecule has 3 aromatic rings. The Morgan fingerprint density at radius 1 is 0.905 bits per heavy atom. The summed E-state index contributed by atoms with van der Waals surface area (Å²) in [5.41, 5.74) is 3.89. The van der Waals surface area contributed by atoms with E-state index >= 15 is 0 Å². The maximum atomic E-state index is 6.20. The van der Waals surface area contributed by atoms with Crippen LogP contribution in [0.15, 0.2) is 66.0 Å². The van der Waals surface area contributed by atoms with Crippen LogP contribution in [0.5, 0.6) is 0 Å². The zero-order valence-corrected chi connectivity index (χ0v) is 14.5. The topological polar surface area (TPSA) is 0 Å². The van der Waals surface area contributed by atoms with E-state index in [0.717, 1.165) is 16.3 Å². The first-order valence-corrected chi connectivity index (χ1v) is 8.91. The predicted octanol–water partition coefficient (Wildman–Crippen LogP) is 6.48. The van der Waals surface area contributed by atoms with Crippen LogP contribution in [-0.4, -0.2) is 0 Å². The van der Waals surface area contributed by atoms with Crippen LogP contribution in [-0.2, 0) is 6.42 Å². The lowest BCUT2D eigenvalue weighted by Gasteiger charge is -2.10. The molecule has 106 valence electrons. The van der Waals surface area contributed by atoms with Gasteiger partial charge in [0.15, 0.2) is 0 Å². The number of thiophene rings is 1. The molecule has 0 aliphatic heterocycles. The molecule has 0 radical (unpaired) electrons. The van der Waals surface area contributed by atoms with Crippen molar-refractivity contribution in [1.29, 1.82) is 0 Å². The fourth-order valence-electron chi connectivity index (χ4n) is 2.27. The second-order valence-electron chi connectivity index (χ2n) is 4.90. The van der Waals surface area contributed by atoms with Gasteiger partial charge in [0.1, 0.15) is 0 Å². The van der Waals surface area contributed by atoms with Crippen molar-refractivity contribution in [3.05, 3.63) is 92.6 Å². The third kappa shape index (κ3) is 3.57. The monoisotopic (exact) mass is 376 g/mol. The van der Waals surface area contributed by atoms with E-state index in [4.69, 9.17) is 11.6 Å². The van der Waals surface area contributed by atoms with Crippen LogP contribution in [0.25, 0.3) is 0 Å². The van der Waals surface area contributed by atoms with Gasteiger partial charge in [-0.1, -0.05) is 82.1 Å². The van der Waals surface area contributed by atoms with E-state index in [9.17, 15) is 0 Å². The number of benzene rings is 2. The van der Waals surface area contributed by atoms with Crippen molar-refractivity contribution in [2.24, 2.45) is 0 Å². The van der Waals surface area contributed by atoms with Gasteiger partial charge in [0.25, 0.3) is 0 Å². The van der Waals surface area contributed by atoms with Gasteiger partial charge in [-0.15, -0.1) is 11.3 Å². The van der Waals surface area contributed by atoms with Crippen LogP contribution in [0.2, 0.25) is 5.02 Å². The average Bonchev–Trinajstić information content (AvgIpc) is 2.94. The van der Waals surface area contributed by atoms with Gasteiger partial charge in [-0.25, -0.2) is 0 Å². The van der Waals surface area contributed by atoms with Crippen LogP contribution < -0.4 is 0 Å². The Kier molecular flexibility index (Phi) is 4.79. The Balaban J connectivity index is 1.77. The predicted molar refractivity (Wildman–Crippen MR) is 95.8 cm³/mol. The first kappa shape index (κ1) is 14.8. The van der Waals surface area contributed by atoms with Gasteiger partial charge < -0.3 is 0 Å². The Labute approximate surface area is 142 Å². The number of hydrogen-bond acceptors (Lipinski definition) is 1. The molecule has 1 heterocycles. The Hall–Kier alpha value is -1.09. The quantitative estimate of drug-likeness (QED) is 0.457. The summed E-state index contributed by atoms with van der Waals surface area (Å²) in [7, 11) is 0. The van der Waals surface area contributed by atoms with E-state index in [-0.39, 0.29) is 4.83 Å². The summed E-state index contributed by atoms with van der Waals surface area (Å²) in [4.78, 5) is 1.32. The fraction of sp³-hybridized carbons (Fsp3) is 0.111. The molecule has 21 heavy (non-hydrogen) atoms. The summed E-state index contributed by atoms with van der Waals surface area (Å²) in [6, 6.07) is 21.2. The van der Waals surface area contributed by atoms with E-state index in [1.54, 1.807) is 11.3 Å². The summed E-state index contributed by atoms with van der Waals surface area (Å²) in [5, 5.41) is 2.85. The van der Waals surface area contributed by atoms with Gasteiger partial charge in [0.2, 0.25) is 0 Å². The zero-order valence-electron chi connectivity index (χ0n) is 11.3. The maximum absolute atomic E-state index is 6.20. The van der Waals surface area contributed by atoms with Gasteiger partial charge in [-0.3, -0.25) is 0 Å². The smallest absolute Gasteiger partial charge is 0.0753 e. The van der Waals surface area contributed by atoms with Gasteiger partial charge in [0, 0.05) is 4.88 Å². The Morgan fingerprint density at radius 3 is 2.19 bits per heavy atom. The molecule has 1 aromatic heterocycles. The molecule has 2 aromatic carbocycles. The standard InChI is InChI=1S/C18H14BrClS/c19-17(18-16(20)10-11-21-18)15-8-6-14(7-9-15)12-13-4-2-1-3-5-13/h1-11,17H,12H2. The molecule has 3 heteroatoms. The van der Waals surface area contributed by atoms with Gasteiger partial charge >= 0.3 is 0 Å². The molecule has 1 atom stereocenters. The largest absolute Gasteiger partial charge is 0.146 e. The number of hydrogen-bond donors (Lipinski definition) is 0.